The number of carboxylic acids is 1. The third kappa shape index (κ3) is 4.29. The van der Waals surface area contributed by atoms with Crippen molar-refractivity contribution >= 4 is 23.6 Å². The van der Waals surface area contributed by atoms with E-state index < -0.39 is 22.9 Å². The number of benzene rings is 1. The first-order valence-corrected chi connectivity index (χ1v) is 7.07. The highest BCUT2D eigenvalue weighted by atomic mass is 32.2. The normalized spacial score (nSPS) is 11.9. The van der Waals surface area contributed by atoms with E-state index >= 15 is 0 Å². The summed E-state index contributed by atoms with van der Waals surface area (Å²) in [4.78, 5) is 22.4. The van der Waals surface area contributed by atoms with Crippen LogP contribution < -0.4 is 10.4 Å². The van der Waals surface area contributed by atoms with E-state index in [4.69, 9.17) is 4.42 Å². The second-order valence-corrected chi connectivity index (χ2v) is 5.52. The number of hydrogen-bond donors (Lipinski definition) is 1. The van der Waals surface area contributed by atoms with Gasteiger partial charge in [0.1, 0.15) is 5.82 Å². The van der Waals surface area contributed by atoms with Crippen molar-refractivity contribution in [2.24, 2.45) is 0 Å². The molecule has 0 bridgehead atoms. The number of aliphatic carboxylic acids is 1. The average Bonchev–Trinajstić information content (AvgIpc) is 2.93. The second kappa shape index (κ2) is 7.03. The van der Waals surface area contributed by atoms with E-state index in [0.717, 1.165) is 11.8 Å². The van der Waals surface area contributed by atoms with Crippen molar-refractivity contribution in [3.63, 3.8) is 0 Å². The molecule has 1 aromatic carbocycles. The van der Waals surface area contributed by atoms with Crippen molar-refractivity contribution in [1.29, 1.82) is 0 Å². The molecule has 1 amide bonds. The van der Waals surface area contributed by atoms with E-state index in [2.05, 4.69) is 15.5 Å². The van der Waals surface area contributed by atoms with Crippen molar-refractivity contribution in [3.05, 3.63) is 41.5 Å². The summed E-state index contributed by atoms with van der Waals surface area (Å²) >= 11 is 0.848. The zero-order valence-corrected chi connectivity index (χ0v) is 12.2. The van der Waals surface area contributed by atoms with Crippen LogP contribution in [0.15, 0.2) is 33.9 Å². The minimum atomic E-state index is -1.24. The summed E-state index contributed by atoms with van der Waals surface area (Å²) in [5.41, 5.74) is 0.293. The zero-order chi connectivity index (χ0) is 16.1. The maximum Gasteiger partial charge on any atom is 0.277 e. The van der Waals surface area contributed by atoms with Crippen molar-refractivity contribution < 1.29 is 23.5 Å². The van der Waals surface area contributed by atoms with Crippen molar-refractivity contribution in [3.8, 4) is 0 Å². The lowest BCUT2D eigenvalue weighted by atomic mass is 10.2. The maximum absolute atomic E-state index is 12.8. The number of carbonyl (C=O) groups is 2. The Kier molecular flexibility index (Phi) is 5.10. The number of rotatable bonds is 6. The number of thioether (sulfide) groups is 1. The lowest BCUT2D eigenvalue weighted by molar-refractivity contribution is -0.304. The van der Waals surface area contributed by atoms with Crippen LogP contribution >= 0.6 is 11.8 Å². The van der Waals surface area contributed by atoms with Crippen LogP contribution in [0.4, 0.5) is 4.39 Å². The van der Waals surface area contributed by atoms with Gasteiger partial charge in [0.2, 0.25) is 5.89 Å². The summed E-state index contributed by atoms with van der Waals surface area (Å²) < 4.78 is 17.9. The van der Waals surface area contributed by atoms with E-state index in [1.807, 2.05) is 0 Å². The molecule has 22 heavy (non-hydrogen) atoms. The molecule has 1 N–H and O–H groups in total. The molecule has 0 aliphatic carbocycles. The number of nitrogens with one attached hydrogen (secondary N) is 1. The minimum absolute atomic E-state index is 0.0243. The van der Waals surface area contributed by atoms with Gasteiger partial charge in [-0.25, -0.2) is 4.39 Å². The molecule has 0 unspecified atom stereocenters. The Balaban J connectivity index is 1.89. The van der Waals surface area contributed by atoms with Gasteiger partial charge in [-0.1, -0.05) is 11.8 Å². The first kappa shape index (κ1) is 16.0. The fraction of sp³-hybridized carbons (Fsp3) is 0.231. The Morgan fingerprint density at radius 1 is 1.36 bits per heavy atom. The molecule has 2 rings (SSSR count). The lowest BCUT2D eigenvalue weighted by Crippen LogP contribution is -2.31. The predicted octanol–water partition coefficient (Wildman–Crippen LogP) is 0.369. The van der Waals surface area contributed by atoms with Gasteiger partial charge >= 0.3 is 0 Å². The van der Waals surface area contributed by atoms with Gasteiger partial charge in [0.15, 0.2) is 0 Å². The van der Waals surface area contributed by atoms with Crippen LogP contribution in [0, 0.1) is 5.82 Å². The largest absolute Gasteiger partial charge is 0.549 e. The summed E-state index contributed by atoms with van der Waals surface area (Å²) in [6.07, 6.45) is 0. The maximum atomic E-state index is 12.8. The van der Waals surface area contributed by atoms with Crippen LogP contribution in [0.5, 0.6) is 0 Å². The van der Waals surface area contributed by atoms with Gasteiger partial charge in [-0.15, -0.1) is 10.2 Å². The number of halogens is 1. The van der Waals surface area contributed by atoms with Gasteiger partial charge in [0.25, 0.3) is 11.1 Å². The molecular formula is C13H11FN3O4S-. The monoisotopic (exact) mass is 324 g/mol. The number of hydrogen-bond acceptors (Lipinski definition) is 7. The summed E-state index contributed by atoms with van der Waals surface area (Å²) in [5, 5.41) is 19.7. The van der Waals surface area contributed by atoms with Crippen LogP contribution in [0.3, 0.4) is 0 Å². The molecule has 2 aromatic rings. The molecule has 9 heteroatoms. The Hall–Kier alpha value is -2.42. The number of carboxylic acid groups (broad SMARTS) is 1. The van der Waals surface area contributed by atoms with Gasteiger partial charge < -0.3 is 19.6 Å². The van der Waals surface area contributed by atoms with Crippen LogP contribution in [0.2, 0.25) is 0 Å². The fourth-order valence-corrected chi connectivity index (χ4v) is 2.05. The second-order valence-electron chi connectivity index (χ2n) is 4.23. The van der Waals surface area contributed by atoms with Gasteiger partial charge in [-0.2, -0.15) is 0 Å². The third-order valence-corrected chi connectivity index (χ3v) is 3.48. The number of amides is 1. The summed E-state index contributed by atoms with van der Waals surface area (Å²) in [6.45, 7) is 1.41. The molecule has 1 atom stereocenters. The topological polar surface area (TPSA) is 108 Å². The number of carbonyl (C=O) groups excluding carboxylic acids is 2. The molecule has 0 aliphatic rings. The van der Waals surface area contributed by atoms with Gasteiger partial charge in [0, 0.05) is 5.56 Å². The molecule has 116 valence electrons. The number of nitrogens with zero attached hydrogens (tertiary/aromatic N) is 2. The van der Waals surface area contributed by atoms with Crippen LogP contribution in [0.1, 0.15) is 23.2 Å². The third-order valence-electron chi connectivity index (χ3n) is 2.56. The first-order valence-electron chi connectivity index (χ1n) is 6.19. The molecule has 1 aromatic heterocycles. The summed E-state index contributed by atoms with van der Waals surface area (Å²) in [6, 6.07) is 5.05. The number of aromatic nitrogens is 2. The zero-order valence-electron chi connectivity index (χ0n) is 11.4. The Morgan fingerprint density at radius 2 is 2.05 bits per heavy atom. The van der Waals surface area contributed by atoms with Gasteiger partial charge in [-0.3, -0.25) is 4.79 Å². The van der Waals surface area contributed by atoms with Gasteiger partial charge in [-0.05, 0) is 31.2 Å². The molecule has 0 spiro atoms. The SMILES string of the molecule is C[C@@H](Sc1nnc(CNC(=O)c2ccc(F)cc2)o1)C(=O)[O-]. The highest BCUT2D eigenvalue weighted by Crippen LogP contribution is 2.21. The van der Waals surface area contributed by atoms with Gasteiger partial charge in [0.05, 0.1) is 17.8 Å². The molecule has 0 fully saturated rings. The molecule has 0 saturated heterocycles. The Labute approximate surface area is 128 Å². The van der Waals surface area contributed by atoms with Crippen molar-refractivity contribution in [2.45, 2.75) is 23.9 Å². The molecule has 0 aliphatic heterocycles. The predicted molar refractivity (Wildman–Crippen MR) is 72.2 cm³/mol. The van der Waals surface area contributed by atoms with E-state index in [1.165, 1.54) is 31.2 Å². The fourth-order valence-electron chi connectivity index (χ4n) is 1.42. The summed E-state index contributed by atoms with van der Waals surface area (Å²) in [5.74, 6) is -1.97. The quantitative estimate of drug-likeness (QED) is 0.765. The van der Waals surface area contributed by atoms with Crippen LogP contribution in [-0.4, -0.2) is 27.3 Å². The van der Waals surface area contributed by atoms with Crippen LogP contribution in [-0.2, 0) is 11.3 Å². The highest BCUT2D eigenvalue weighted by Gasteiger charge is 2.13. The summed E-state index contributed by atoms with van der Waals surface area (Å²) in [7, 11) is 0. The molecule has 1 heterocycles. The average molecular weight is 324 g/mol. The molecule has 0 saturated carbocycles. The smallest absolute Gasteiger partial charge is 0.277 e. The van der Waals surface area contributed by atoms with Crippen molar-refractivity contribution in [2.75, 3.05) is 0 Å². The van der Waals surface area contributed by atoms with E-state index in [1.54, 1.807) is 0 Å². The standard InChI is InChI=1S/C13H12FN3O4S/c1-7(12(19)20)22-13-17-16-10(21-13)6-15-11(18)8-2-4-9(14)5-3-8/h2-5,7H,6H2,1H3,(H,15,18)(H,19,20)/p-1/t7-/m1/s1. The molecule has 7 nitrogen and oxygen atoms in total. The minimum Gasteiger partial charge on any atom is -0.549 e. The Morgan fingerprint density at radius 3 is 2.68 bits per heavy atom. The first-order chi connectivity index (χ1) is 10.5. The van der Waals surface area contributed by atoms with Crippen molar-refractivity contribution in [1.82, 2.24) is 15.5 Å². The van der Waals surface area contributed by atoms with E-state index in [-0.39, 0.29) is 17.7 Å². The molecular weight excluding hydrogens is 313 g/mol. The van der Waals surface area contributed by atoms with E-state index in [9.17, 15) is 19.1 Å². The van der Waals surface area contributed by atoms with E-state index in [0.29, 0.717) is 5.56 Å². The lowest BCUT2D eigenvalue weighted by Gasteiger charge is -2.07. The van der Waals surface area contributed by atoms with Crippen LogP contribution in [0.25, 0.3) is 0 Å². The molecule has 0 radical (unpaired) electrons. The highest BCUT2D eigenvalue weighted by molar-refractivity contribution is 8.00. The Bertz CT molecular complexity index is 674.